The Morgan fingerprint density at radius 1 is 1.62 bits per heavy atom. The van der Waals surface area contributed by atoms with E-state index < -0.39 is 0 Å². The summed E-state index contributed by atoms with van der Waals surface area (Å²) in [4.78, 5) is 18.1. The molecule has 86 valence electrons. The van der Waals surface area contributed by atoms with Gasteiger partial charge in [0.25, 0.3) is 0 Å². The van der Waals surface area contributed by atoms with Crippen molar-refractivity contribution in [2.75, 3.05) is 18.5 Å². The van der Waals surface area contributed by atoms with E-state index in [1.807, 2.05) is 12.1 Å². The van der Waals surface area contributed by atoms with Crippen LogP contribution < -0.4 is 10.2 Å². The van der Waals surface area contributed by atoms with Crippen LogP contribution in [0.1, 0.15) is 12.8 Å². The third-order valence-electron chi connectivity index (χ3n) is 2.81. The van der Waals surface area contributed by atoms with Crippen molar-refractivity contribution in [2.24, 2.45) is 0 Å². The molecule has 1 N–H and O–H groups in total. The number of rotatable bonds is 2. The van der Waals surface area contributed by atoms with Crippen molar-refractivity contribution in [3.05, 3.63) is 22.8 Å². The quantitative estimate of drug-likeness (QED) is 0.896. The van der Waals surface area contributed by atoms with Crippen LogP contribution in [-0.4, -0.2) is 30.5 Å². The summed E-state index contributed by atoms with van der Waals surface area (Å²) in [5.41, 5.74) is 0. The van der Waals surface area contributed by atoms with Crippen molar-refractivity contribution in [1.82, 2.24) is 10.3 Å². The van der Waals surface area contributed by atoms with Crippen molar-refractivity contribution >= 4 is 27.7 Å². The standard InChI is InChI=1S/C11H14BrN3O/c1-13-11(16)9-3-2-6-15(9)10-5-4-8(12)7-14-10/h4-5,7,9H,2-3,6H2,1H3,(H,13,16). The molecule has 1 aliphatic rings. The number of pyridine rings is 1. The first-order chi connectivity index (χ1) is 7.72. The topological polar surface area (TPSA) is 45.2 Å². The lowest BCUT2D eigenvalue weighted by Gasteiger charge is -2.24. The Bertz CT molecular complexity index is 379. The fourth-order valence-corrected chi connectivity index (χ4v) is 2.25. The van der Waals surface area contributed by atoms with E-state index >= 15 is 0 Å². The molecule has 1 atom stereocenters. The van der Waals surface area contributed by atoms with Crippen molar-refractivity contribution in [2.45, 2.75) is 18.9 Å². The van der Waals surface area contributed by atoms with Crippen LogP contribution in [0.15, 0.2) is 22.8 Å². The maximum Gasteiger partial charge on any atom is 0.242 e. The summed E-state index contributed by atoms with van der Waals surface area (Å²) in [5.74, 6) is 0.941. The van der Waals surface area contributed by atoms with Gasteiger partial charge in [0.05, 0.1) is 0 Å². The van der Waals surface area contributed by atoms with Crippen LogP contribution in [0, 0.1) is 0 Å². The number of halogens is 1. The average molecular weight is 284 g/mol. The Morgan fingerprint density at radius 2 is 2.44 bits per heavy atom. The van der Waals surface area contributed by atoms with E-state index in [1.54, 1.807) is 13.2 Å². The van der Waals surface area contributed by atoms with Gasteiger partial charge in [-0.25, -0.2) is 4.98 Å². The van der Waals surface area contributed by atoms with Crippen molar-refractivity contribution < 1.29 is 4.79 Å². The predicted octanol–water partition coefficient (Wildman–Crippen LogP) is 1.56. The van der Waals surface area contributed by atoms with Gasteiger partial charge in [0.2, 0.25) is 5.91 Å². The molecule has 16 heavy (non-hydrogen) atoms. The number of aromatic nitrogens is 1. The third kappa shape index (κ3) is 2.19. The lowest BCUT2D eigenvalue weighted by Crippen LogP contribution is -2.42. The summed E-state index contributed by atoms with van der Waals surface area (Å²) in [6.45, 7) is 0.896. The number of anilines is 1. The molecule has 1 amide bonds. The monoisotopic (exact) mass is 283 g/mol. The van der Waals surface area contributed by atoms with Gasteiger partial charge in [0.15, 0.2) is 0 Å². The summed E-state index contributed by atoms with van der Waals surface area (Å²) in [7, 11) is 1.67. The van der Waals surface area contributed by atoms with Gasteiger partial charge in [-0.2, -0.15) is 0 Å². The predicted molar refractivity (Wildman–Crippen MR) is 66.4 cm³/mol. The average Bonchev–Trinajstić information content (AvgIpc) is 2.78. The second-order valence-corrected chi connectivity index (χ2v) is 4.72. The van der Waals surface area contributed by atoms with Crippen molar-refractivity contribution in [1.29, 1.82) is 0 Å². The van der Waals surface area contributed by atoms with E-state index in [9.17, 15) is 4.79 Å². The fraction of sp³-hybridized carbons (Fsp3) is 0.455. The van der Waals surface area contributed by atoms with Gasteiger partial charge in [-0.15, -0.1) is 0 Å². The van der Waals surface area contributed by atoms with Gasteiger partial charge in [0.1, 0.15) is 11.9 Å². The number of hydrogen-bond acceptors (Lipinski definition) is 3. The van der Waals surface area contributed by atoms with Gasteiger partial charge >= 0.3 is 0 Å². The van der Waals surface area contributed by atoms with Crippen LogP contribution >= 0.6 is 15.9 Å². The van der Waals surface area contributed by atoms with Crippen molar-refractivity contribution in [3.63, 3.8) is 0 Å². The molecule has 0 radical (unpaired) electrons. The minimum Gasteiger partial charge on any atom is -0.357 e. The minimum absolute atomic E-state index is 0.0707. The first kappa shape index (κ1) is 11.4. The molecule has 1 aromatic heterocycles. The molecule has 0 saturated carbocycles. The zero-order valence-corrected chi connectivity index (χ0v) is 10.7. The summed E-state index contributed by atoms with van der Waals surface area (Å²) in [6, 6.07) is 3.81. The zero-order chi connectivity index (χ0) is 11.5. The highest BCUT2D eigenvalue weighted by Crippen LogP contribution is 2.24. The molecule has 2 rings (SSSR count). The molecule has 0 spiro atoms. The van der Waals surface area contributed by atoms with E-state index in [2.05, 4.69) is 31.1 Å². The smallest absolute Gasteiger partial charge is 0.242 e. The second-order valence-electron chi connectivity index (χ2n) is 3.80. The number of carbonyl (C=O) groups excluding carboxylic acids is 1. The molecule has 4 nitrogen and oxygen atoms in total. The van der Waals surface area contributed by atoms with Gasteiger partial charge in [0, 0.05) is 24.3 Å². The van der Waals surface area contributed by atoms with Gasteiger partial charge < -0.3 is 10.2 Å². The molecule has 2 heterocycles. The molecular formula is C11H14BrN3O. The molecule has 0 aliphatic carbocycles. The molecule has 1 aliphatic heterocycles. The molecular weight excluding hydrogens is 270 g/mol. The van der Waals surface area contributed by atoms with Crippen LogP contribution in [-0.2, 0) is 4.79 Å². The Morgan fingerprint density at radius 3 is 3.06 bits per heavy atom. The number of carbonyl (C=O) groups is 1. The summed E-state index contributed by atoms with van der Waals surface area (Å²) >= 11 is 3.35. The van der Waals surface area contributed by atoms with E-state index in [-0.39, 0.29) is 11.9 Å². The number of nitrogens with one attached hydrogen (secondary N) is 1. The van der Waals surface area contributed by atoms with Gasteiger partial charge in [-0.05, 0) is 40.9 Å². The first-order valence-corrected chi connectivity index (χ1v) is 6.11. The normalized spacial score (nSPS) is 19.9. The molecule has 0 bridgehead atoms. The maximum atomic E-state index is 11.7. The van der Waals surface area contributed by atoms with Gasteiger partial charge in [-0.3, -0.25) is 4.79 Å². The summed E-state index contributed by atoms with van der Waals surface area (Å²) in [5, 5.41) is 2.70. The van der Waals surface area contributed by atoms with Crippen LogP contribution in [0.4, 0.5) is 5.82 Å². The molecule has 1 fully saturated rings. The van der Waals surface area contributed by atoms with E-state index in [0.717, 1.165) is 29.7 Å². The number of amides is 1. The Hall–Kier alpha value is -1.10. The molecule has 1 unspecified atom stereocenters. The third-order valence-corrected chi connectivity index (χ3v) is 3.28. The first-order valence-electron chi connectivity index (χ1n) is 5.32. The van der Waals surface area contributed by atoms with Crippen LogP contribution in [0.25, 0.3) is 0 Å². The fourth-order valence-electron chi connectivity index (χ4n) is 2.02. The zero-order valence-electron chi connectivity index (χ0n) is 9.11. The Balaban J connectivity index is 2.19. The lowest BCUT2D eigenvalue weighted by molar-refractivity contribution is -0.121. The molecule has 1 saturated heterocycles. The van der Waals surface area contributed by atoms with Crippen LogP contribution in [0.5, 0.6) is 0 Å². The van der Waals surface area contributed by atoms with E-state index in [0.29, 0.717) is 0 Å². The van der Waals surface area contributed by atoms with E-state index in [1.165, 1.54) is 0 Å². The van der Waals surface area contributed by atoms with Crippen LogP contribution in [0.3, 0.4) is 0 Å². The Kier molecular flexibility index (Phi) is 3.43. The molecule has 1 aromatic rings. The number of likely N-dealkylation sites (N-methyl/N-ethyl adjacent to an activating group) is 1. The highest BCUT2D eigenvalue weighted by Gasteiger charge is 2.30. The van der Waals surface area contributed by atoms with Crippen LogP contribution in [0.2, 0.25) is 0 Å². The lowest BCUT2D eigenvalue weighted by atomic mass is 10.2. The summed E-state index contributed by atoms with van der Waals surface area (Å²) < 4.78 is 0.951. The second kappa shape index (κ2) is 4.82. The largest absolute Gasteiger partial charge is 0.357 e. The van der Waals surface area contributed by atoms with E-state index in [4.69, 9.17) is 0 Å². The highest BCUT2D eigenvalue weighted by atomic mass is 79.9. The highest BCUT2D eigenvalue weighted by molar-refractivity contribution is 9.10. The number of nitrogens with zero attached hydrogens (tertiary/aromatic N) is 2. The van der Waals surface area contributed by atoms with Crippen molar-refractivity contribution in [3.8, 4) is 0 Å². The van der Waals surface area contributed by atoms with Gasteiger partial charge in [-0.1, -0.05) is 0 Å². The number of hydrogen-bond donors (Lipinski definition) is 1. The maximum absolute atomic E-state index is 11.7. The molecule has 0 aromatic carbocycles. The SMILES string of the molecule is CNC(=O)C1CCCN1c1ccc(Br)cn1. The Labute approximate surface area is 103 Å². The summed E-state index contributed by atoms with van der Waals surface area (Å²) in [6.07, 6.45) is 3.70. The minimum atomic E-state index is -0.0707. The molecule has 5 heteroatoms.